The number of likely N-dealkylation sites (tertiary alicyclic amines) is 1. The van der Waals surface area contributed by atoms with Crippen LogP contribution in [0.2, 0.25) is 0 Å². The van der Waals surface area contributed by atoms with E-state index in [2.05, 4.69) is 10.3 Å². The van der Waals surface area contributed by atoms with Crippen LogP contribution in [-0.4, -0.2) is 44.9 Å². The third kappa shape index (κ3) is 3.14. The van der Waals surface area contributed by atoms with Crippen molar-refractivity contribution in [1.29, 1.82) is 0 Å². The zero-order valence-electron chi connectivity index (χ0n) is 11.8. The van der Waals surface area contributed by atoms with Gasteiger partial charge in [-0.1, -0.05) is 11.3 Å². The van der Waals surface area contributed by atoms with Gasteiger partial charge in [0, 0.05) is 24.0 Å². The second kappa shape index (κ2) is 6.36. The first kappa shape index (κ1) is 14.2. The van der Waals surface area contributed by atoms with E-state index in [1.54, 1.807) is 22.2 Å². The standard InChI is InChI=1S/C14H19N5OS/c15-8-11-4-1-2-6-19(11)14(20)13-10-18(17-16-13)9-12-5-3-7-21-12/h3,5,7,10-11H,1-2,4,6,8-9,15H2. The normalized spacial score (nSPS) is 18.9. The molecule has 1 aliphatic rings. The monoisotopic (exact) mass is 305 g/mol. The summed E-state index contributed by atoms with van der Waals surface area (Å²) in [5.41, 5.74) is 6.18. The Morgan fingerprint density at radius 3 is 3.14 bits per heavy atom. The molecule has 0 radical (unpaired) electrons. The van der Waals surface area contributed by atoms with E-state index in [-0.39, 0.29) is 11.9 Å². The molecule has 112 valence electrons. The number of hydrogen-bond donors (Lipinski definition) is 1. The molecule has 0 saturated carbocycles. The number of hydrogen-bond acceptors (Lipinski definition) is 5. The molecule has 0 aromatic carbocycles. The summed E-state index contributed by atoms with van der Waals surface area (Å²) < 4.78 is 1.71. The second-order valence-corrected chi connectivity index (χ2v) is 6.30. The van der Waals surface area contributed by atoms with Crippen LogP contribution in [0, 0.1) is 0 Å². The maximum absolute atomic E-state index is 12.5. The van der Waals surface area contributed by atoms with E-state index in [1.807, 2.05) is 22.4 Å². The van der Waals surface area contributed by atoms with Gasteiger partial charge in [-0.05, 0) is 30.7 Å². The van der Waals surface area contributed by atoms with E-state index in [0.29, 0.717) is 18.8 Å². The van der Waals surface area contributed by atoms with Crippen molar-refractivity contribution in [2.24, 2.45) is 5.73 Å². The summed E-state index contributed by atoms with van der Waals surface area (Å²) in [4.78, 5) is 15.6. The van der Waals surface area contributed by atoms with Gasteiger partial charge in [-0.25, -0.2) is 4.68 Å². The zero-order chi connectivity index (χ0) is 14.7. The van der Waals surface area contributed by atoms with Gasteiger partial charge in [0.15, 0.2) is 5.69 Å². The molecular weight excluding hydrogens is 286 g/mol. The number of amides is 1. The zero-order valence-corrected chi connectivity index (χ0v) is 12.6. The predicted octanol–water partition coefficient (Wildman–Crippen LogP) is 1.34. The Hall–Kier alpha value is -1.73. The molecule has 2 N–H and O–H groups in total. The number of thiophene rings is 1. The molecule has 3 heterocycles. The molecule has 7 heteroatoms. The van der Waals surface area contributed by atoms with Crippen molar-refractivity contribution < 1.29 is 4.79 Å². The molecule has 1 fully saturated rings. The highest BCUT2D eigenvalue weighted by Crippen LogP contribution is 2.18. The predicted molar refractivity (Wildman–Crippen MR) is 81.2 cm³/mol. The van der Waals surface area contributed by atoms with E-state index < -0.39 is 0 Å². The van der Waals surface area contributed by atoms with Crippen molar-refractivity contribution in [2.45, 2.75) is 31.8 Å². The van der Waals surface area contributed by atoms with Crippen molar-refractivity contribution in [3.8, 4) is 0 Å². The van der Waals surface area contributed by atoms with Crippen molar-refractivity contribution in [2.75, 3.05) is 13.1 Å². The smallest absolute Gasteiger partial charge is 0.276 e. The first-order chi connectivity index (χ1) is 10.3. The van der Waals surface area contributed by atoms with E-state index >= 15 is 0 Å². The molecule has 2 aromatic heterocycles. The number of nitrogens with two attached hydrogens (primary N) is 1. The summed E-state index contributed by atoms with van der Waals surface area (Å²) in [5, 5.41) is 10.1. The molecule has 6 nitrogen and oxygen atoms in total. The van der Waals surface area contributed by atoms with Gasteiger partial charge in [-0.2, -0.15) is 0 Å². The highest BCUT2D eigenvalue weighted by atomic mass is 32.1. The summed E-state index contributed by atoms with van der Waals surface area (Å²) in [6.07, 6.45) is 4.87. The second-order valence-electron chi connectivity index (χ2n) is 5.26. The van der Waals surface area contributed by atoms with Crippen molar-refractivity contribution in [3.05, 3.63) is 34.3 Å². The first-order valence-electron chi connectivity index (χ1n) is 7.21. The molecule has 3 rings (SSSR count). The summed E-state index contributed by atoms with van der Waals surface area (Å²) in [6, 6.07) is 4.18. The fourth-order valence-corrected chi connectivity index (χ4v) is 3.39. The van der Waals surface area contributed by atoms with E-state index in [9.17, 15) is 4.79 Å². The van der Waals surface area contributed by atoms with Crippen LogP contribution in [0.3, 0.4) is 0 Å². The Bertz CT molecular complexity index is 594. The number of nitrogens with zero attached hydrogens (tertiary/aromatic N) is 4. The van der Waals surface area contributed by atoms with E-state index in [4.69, 9.17) is 5.73 Å². The summed E-state index contributed by atoms with van der Waals surface area (Å²) in [7, 11) is 0. The van der Waals surface area contributed by atoms with Gasteiger partial charge >= 0.3 is 0 Å². The van der Waals surface area contributed by atoms with Crippen molar-refractivity contribution in [1.82, 2.24) is 19.9 Å². The Morgan fingerprint density at radius 2 is 2.38 bits per heavy atom. The largest absolute Gasteiger partial charge is 0.333 e. The number of piperidine rings is 1. The molecular formula is C14H19N5OS. The Kier molecular flexibility index (Phi) is 4.31. The third-order valence-electron chi connectivity index (χ3n) is 3.82. The molecule has 1 aliphatic heterocycles. The lowest BCUT2D eigenvalue weighted by molar-refractivity contribution is 0.0617. The maximum atomic E-state index is 12.5. The minimum atomic E-state index is -0.0532. The molecule has 0 spiro atoms. The minimum absolute atomic E-state index is 0.0532. The Balaban J connectivity index is 1.71. The number of aromatic nitrogens is 3. The number of carbonyl (C=O) groups is 1. The first-order valence-corrected chi connectivity index (χ1v) is 8.09. The quantitative estimate of drug-likeness (QED) is 0.925. The van der Waals surface area contributed by atoms with Crippen LogP contribution in [0.25, 0.3) is 0 Å². The summed E-state index contributed by atoms with van der Waals surface area (Å²) >= 11 is 1.67. The van der Waals surface area contributed by atoms with Crippen LogP contribution in [0.15, 0.2) is 23.7 Å². The molecule has 0 aliphatic carbocycles. The van der Waals surface area contributed by atoms with Crippen LogP contribution in [0.4, 0.5) is 0 Å². The van der Waals surface area contributed by atoms with Crippen molar-refractivity contribution >= 4 is 17.2 Å². The van der Waals surface area contributed by atoms with Gasteiger partial charge in [0.05, 0.1) is 12.7 Å². The molecule has 1 unspecified atom stereocenters. The summed E-state index contributed by atoms with van der Waals surface area (Å²) in [5.74, 6) is -0.0532. The van der Waals surface area contributed by atoms with Crippen LogP contribution < -0.4 is 5.73 Å². The van der Waals surface area contributed by atoms with Gasteiger partial charge < -0.3 is 10.6 Å². The van der Waals surface area contributed by atoms with Crippen LogP contribution in [0.1, 0.15) is 34.6 Å². The maximum Gasteiger partial charge on any atom is 0.276 e. The lowest BCUT2D eigenvalue weighted by Crippen LogP contribution is -2.47. The fraction of sp³-hybridized carbons (Fsp3) is 0.500. The molecule has 1 amide bonds. The highest BCUT2D eigenvalue weighted by molar-refractivity contribution is 7.09. The Labute approximate surface area is 127 Å². The molecule has 1 saturated heterocycles. The number of rotatable bonds is 4. The minimum Gasteiger partial charge on any atom is -0.333 e. The Morgan fingerprint density at radius 1 is 1.48 bits per heavy atom. The topological polar surface area (TPSA) is 77.0 Å². The van der Waals surface area contributed by atoms with E-state index in [1.165, 1.54) is 4.88 Å². The van der Waals surface area contributed by atoms with E-state index in [0.717, 1.165) is 25.8 Å². The van der Waals surface area contributed by atoms with Gasteiger partial charge in [0.1, 0.15) is 0 Å². The number of carbonyl (C=O) groups excluding carboxylic acids is 1. The third-order valence-corrected chi connectivity index (χ3v) is 4.68. The van der Waals surface area contributed by atoms with Gasteiger partial charge in [-0.3, -0.25) is 4.79 Å². The SMILES string of the molecule is NCC1CCCCN1C(=O)c1cn(Cc2cccs2)nn1. The lowest BCUT2D eigenvalue weighted by atomic mass is 10.0. The van der Waals surface area contributed by atoms with Crippen LogP contribution >= 0.6 is 11.3 Å². The van der Waals surface area contributed by atoms with Crippen molar-refractivity contribution in [3.63, 3.8) is 0 Å². The van der Waals surface area contributed by atoms with Gasteiger partial charge in [-0.15, -0.1) is 16.4 Å². The fourth-order valence-electron chi connectivity index (χ4n) is 2.70. The lowest BCUT2D eigenvalue weighted by Gasteiger charge is -2.34. The van der Waals surface area contributed by atoms with Crippen LogP contribution in [-0.2, 0) is 6.54 Å². The summed E-state index contributed by atoms with van der Waals surface area (Å²) in [6.45, 7) is 1.92. The average Bonchev–Trinajstić information content (AvgIpc) is 3.19. The average molecular weight is 305 g/mol. The highest BCUT2D eigenvalue weighted by Gasteiger charge is 2.28. The van der Waals surface area contributed by atoms with Gasteiger partial charge in [0.25, 0.3) is 5.91 Å². The molecule has 1 atom stereocenters. The van der Waals surface area contributed by atoms with Crippen LogP contribution in [0.5, 0.6) is 0 Å². The molecule has 2 aromatic rings. The molecule has 0 bridgehead atoms. The van der Waals surface area contributed by atoms with Gasteiger partial charge in [0.2, 0.25) is 0 Å². The molecule has 21 heavy (non-hydrogen) atoms.